The van der Waals surface area contributed by atoms with Crippen LogP contribution >= 0.6 is 0 Å². The second-order valence-corrected chi connectivity index (χ2v) is 6.47. The predicted octanol–water partition coefficient (Wildman–Crippen LogP) is 2.61. The standard InChI is InChI=1S/C19H25N3O3/c1-13-10-14(2)22(20-13)15(3)11-18(23)21(4)17(19(24)25)12-16-8-6-5-7-9-16/h5-10,15,17H,11-12H2,1-4H3,(H,24,25). The minimum atomic E-state index is -1.00. The summed E-state index contributed by atoms with van der Waals surface area (Å²) in [6.45, 7) is 5.77. The van der Waals surface area contributed by atoms with Gasteiger partial charge < -0.3 is 10.0 Å². The lowest BCUT2D eigenvalue weighted by Crippen LogP contribution is -2.44. The first kappa shape index (κ1) is 18.7. The fourth-order valence-electron chi connectivity index (χ4n) is 2.98. The molecule has 1 heterocycles. The van der Waals surface area contributed by atoms with Crippen LogP contribution in [0.2, 0.25) is 0 Å². The third kappa shape index (κ3) is 4.68. The summed E-state index contributed by atoms with van der Waals surface area (Å²) in [6.07, 6.45) is 0.490. The van der Waals surface area contributed by atoms with E-state index in [0.717, 1.165) is 17.0 Å². The Morgan fingerprint density at radius 1 is 1.24 bits per heavy atom. The van der Waals surface area contributed by atoms with E-state index in [9.17, 15) is 14.7 Å². The maximum absolute atomic E-state index is 12.6. The highest BCUT2D eigenvalue weighted by molar-refractivity contribution is 5.83. The number of hydrogen-bond acceptors (Lipinski definition) is 3. The Labute approximate surface area is 148 Å². The molecule has 1 amide bonds. The lowest BCUT2D eigenvalue weighted by molar-refractivity contribution is -0.149. The minimum absolute atomic E-state index is 0.130. The Kier molecular flexibility index (Phi) is 5.96. The third-order valence-corrected chi connectivity index (χ3v) is 4.35. The normalized spacial score (nSPS) is 13.3. The van der Waals surface area contributed by atoms with Gasteiger partial charge in [0, 0.05) is 25.6 Å². The molecular formula is C19H25N3O3. The summed E-state index contributed by atoms with van der Waals surface area (Å²) in [5, 5.41) is 13.9. The van der Waals surface area contributed by atoms with Gasteiger partial charge >= 0.3 is 5.97 Å². The zero-order valence-corrected chi connectivity index (χ0v) is 15.1. The monoisotopic (exact) mass is 343 g/mol. The van der Waals surface area contributed by atoms with Gasteiger partial charge in [-0.25, -0.2) is 4.79 Å². The highest BCUT2D eigenvalue weighted by atomic mass is 16.4. The Morgan fingerprint density at radius 3 is 2.40 bits per heavy atom. The second kappa shape index (κ2) is 7.96. The lowest BCUT2D eigenvalue weighted by Gasteiger charge is -2.26. The van der Waals surface area contributed by atoms with Crippen LogP contribution in [0.5, 0.6) is 0 Å². The van der Waals surface area contributed by atoms with E-state index in [1.54, 1.807) is 7.05 Å². The second-order valence-electron chi connectivity index (χ2n) is 6.47. The van der Waals surface area contributed by atoms with E-state index in [4.69, 9.17) is 0 Å². The topological polar surface area (TPSA) is 75.4 Å². The Balaban J connectivity index is 2.07. The van der Waals surface area contributed by atoms with Crippen molar-refractivity contribution in [2.24, 2.45) is 0 Å². The van der Waals surface area contributed by atoms with E-state index < -0.39 is 12.0 Å². The number of likely N-dealkylation sites (N-methyl/N-ethyl adjacent to an activating group) is 1. The Morgan fingerprint density at radius 2 is 1.88 bits per heavy atom. The van der Waals surface area contributed by atoms with Gasteiger partial charge in [-0.15, -0.1) is 0 Å². The van der Waals surface area contributed by atoms with Crippen LogP contribution in [0, 0.1) is 13.8 Å². The van der Waals surface area contributed by atoms with Gasteiger partial charge in [-0.1, -0.05) is 30.3 Å². The first-order valence-corrected chi connectivity index (χ1v) is 8.34. The summed E-state index contributed by atoms with van der Waals surface area (Å²) >= 11 is 0. The molecule has 0 saturated heterocycles. The van der Waals surface area contributed by atoms with Gasteiger partial charge in [0.05, 0.1) is 11.7 Å². The summed E-state index contributed by atoms with van der Waals surface area (Å²) < 4.78 is 1.81. The van der Waals surface area contributed by atoms with Crippen molar-refractivity contribution in [3.05, 3.63) is 53.3 Å². The van der Waals surface area contributed by atoms with Crippen molar-refractivity contribution in [1.29, 1.82) is 0 Å². The maximum Gasteiger partial charge on any atom is 0.326 e. The number of rotatable bonds is 7. The van der Waals surface area contributed by atoms with Crippen molar-refractivity contribution >= 4 is 11.9 Å². The fraction of sp³-hybridized carbons (Fsp3) is 0.421. The molecule has 2 atom stereocenters. The molecule has 0 radical (unpaired) electrons. The van der Waals surface area contributed by atoms with Crippen molar-refractivity contribution < 1.29 is 14.7 Å². The molecule has 6 heteroatoms. The first-order valence-electron chi connectivity index (χ1n) is 8.34. The molecule has 0 fully saturated rings. The largest absolute Gasteiger partial charge is 0.480 e. The van der Waals surface area contributed by atoms with Gasteiger partial charge in [0.1, 0.15) is 6.04 Å². The van der Waals surface area contributed by atoms with E-state index in [2.05, 4.69) is 5.10 Å². The van der Waals surface area contributed by atoms with Gasteiger partial charge in [0.15, 0.2) is 0 Å². The molecule has 0 saturated carbocycles. The number of carbonyl (C=O) groups excluding carboxylic acids is 1. The van der Waals surface area contributed by atoms with Crippen LogP contribution in [-0.2, 0) is 16.0 Å². The molecule has 2 aromatic rings. The van der Waals surface area contributed by atoms with Crippen molar-refractivity contribution in [3.8, 4) is 0 Å². The van der Waals surface area contributed by atoms with Gasteiger partial charge in [-0.05, 0) is 32.4 Å². The van der Waals surface area contributed by atoms with Crippen LogP contribution in [0.15, 0.2) is 36.4 Å². The number of nitrogens with zero attached hydrogens (tertiary/aromatic N) is 3. The molecule has 0 aliphatic rings. The maximum atomic E-state index is 12.6. The highest BCUT2D eigenvalue weighted by Crippen LogP contribution is 2.17. The number of carboxylic acid groups (broad SMARTS) is 1. The Hall–Kier alpha value is -2.63. The quantitative estimate of drug-likeness (QED) is 0.838. The molecular weight excluding hydrogens is 318 g/mol. The smallest absolute Gasteiger partial charge is 0.326 e. The molecule has 134 valence electrons. The zero-order valence-electron chi connectivity index (χ0n) is 15.1. The molecule has 6 nitrogen and oxygen atoms in total. The molecule has 25 heavy (non-hydrogen) atoms. The van der Waals surface area contributed by atoms with Crippen molar-refractivity contribution in [2.45, 2.75) is 45.7 Å². The summed E-state index contributed by atoms with van der Waals surface area (Å²) in [5.74, 6) is -1.21. The first-order chi connectivity index (χ1) is 11.8. The third-order valence-electron chi connectivity index (χ3n) is 4.35. The van der Waals surface area contributed by atoms with Gasteiger partial charge in [-0.3, -0.25) is 9.48 Å². The van der Waals surface area contributed by atoms with Crippen LogP contribution in [0.4, 0.5) is 0 Å². The SMILES string of the molecule is Cc1cc(C)n(C(C)CC(=O)N(C)C(Cc2ccccc2)C(=O)O)n1. The summed E-state index contributed by atoms with van der Waals surface area (Å²) in [7, 11) is 1.55. The molecule has 1 aromatic heterocycles. The van der Waals surface area contributed by atoms with Crippen LogP contribution in [-0.4, -0.2) is 44.8 Å². The van der Waals surface area contributed by atoms with Crippen molar-refractivity contribution in [2.75, 3.05) is 7.05 Å². The van der Waals surface area contributed by atoms with Crippen LogP contribution in [0.1, 0.15) is 36.3 Å². The van der Waals surface area contributed by atoms with E-state index in [1.165, 1.54) is 4.90 Å². The summed E-state index contributed by atoms with van der Waals surface area (Å²) in [5.41, 5.74) is 2.78. The summed E-state index contributed by atoms with van der Waals surface area (Å²) in [6, 6.07) is 10.3. The number of aromatic nitrogens is 2. The van der Waals surface area contributed by atoms with Gasteiger partial charge in [0.25, 0.3) is 0 Å². The van der Waals surface area contributed by atoms with Crippen molar-refractivity contribution in [1.82, 2.24) is 14.7 Å². The number of carboxylic acids is 1. The van der Waals surface area contributed by atoms with E-state index in [-0.39, 0.29) is 24.8 Å². The number of benzene rings is 1. The average molecular weight is 343 g/mol. The predicted molar refractivity (Wildman–Crippen MR) is 95.4 cm³/mol. The van der Waals surface area contributed by atoms with E-state index in [0.29, 0.717) is 0 Å². The molecule has 0 aliphatic carbocycles. The molecule has 1 N–H and O–H groups in total. The molecule has 2 unspecified atom stereocenters. The molecule has 0 aliphatic heterocycles. The molecule has 0 bridgehead atoms. The molecule has 2 rings (SSSR count). The van der Waals surface area contributed by atoms with Crippen LogP contribution < -0.4 is 0 Å². The Bertz CT molecular complexity index is 740. The highest BCUT2D eigenvalue weighted by Gasteiger charge is 2.28. The average Bonchev–Trinajstić information content (AvgIpc) is 2.91. The van der Waals surface area contributed by atoms with Gasteiger partial charge in [0.2, 0.25) is 5.91 Å². The van der Waals surface area contributed by atoms with Crippen molar-refractivity contribution in [3.63, 3.8) is 0 Å². The van der Waals surface area contributed by atoms with Gasteiger partial charge in [-0.2, -0.15) is 5.10 Å². The van der Waals surface area contributed by atoms with E-state index in [1.807, 2.05) is 61.9 Å². The minimum Gasteiger partial charge on any atom is -0.480 e. The number of hydrogen-bond donors (Lipinski definition) is 1. The number of aliphatic carboxylic acids is 1. The number of amides is 1. The van der Waals surface area contributed by atoms with Crippen LogP contribution in [0.25, 0.3) is 0 Å². The number of aryl methyl sites for hydroxylation is 2. The van der Waals surface area contributed by atoms with E-state index >= 15 is 0 Å². The zero-order chi connectivity index (χ0) is 18.6. The molecule has 0 spiro atoms. The lowest BCUT2D eigenvalue weighted by atomic mass is 10.0. The summed E-state index contributed by atoms with van der Waals surface area (Å²) in [4.78, 5) is 25.6. The van der Waals surface area contributed by atoms with Crippen LogP contribution in [0.3, 0.4) is 0 Å². The molecule has 1 aromatic carbocycles. The number of carbonyl (C=O) groups is 2. The fourth-order valence-corrected chi connectivity index (χ4v) is 2.98.